The lowest BCUT2D eigenvalue weighted by atomic mass is 10.1. The summed E-state index contributed by atoms with van der Waals surface area (Å²) in [5, 5.41) is 26.3. The van der Waals surface area contributed by atoms with Crippen LogP contribution >= 0.6 is 12.2 Å². The van der Waals surface area contributed by atoms with Crippen LogP contribution in [0.25, 0.3) is 16.7 Å². The number of benzene rings is 3. The molecule has 0 radical (unpaired) electrons. The molecule has 2 N–H and O–H groups in total. The van der Waals surface area contributed by atoms with E-state index >= 15 is 0 Å². The van der Waals surface area contributed by atoms with Crippen molar-refractivity contribution in [3.05, 3.63) is 82.4 Å². The molecule has 1 aliphatic rings. The third-order valence-electron chi connectivity index (χ3n) is 5.98. The lowest BCUT2D eigenvalue weighted by molar-refractivity contribution is -0.384. The van der Waals surface area contributed by atoms with Crippen molar-refractivity contribution in [2.45, 2.75) is 19.3 Å². The van der Waals surface area contributed by atoms with E-state index in [9.17, 15) is 14.9 Å². The molecule has 11 heteroatoms. The van der Waals surface area contributed by atoms with Crippen LogP contribution in [0.3, 0.4) is 0 Å². The smallest absolute Gasteiger partial charge is 0.293 e. The van der Waals surface area contributed by atoms with E-state index in [1.54, 1.807) is 35.1 Å². The molecule has 1 saturated heterocycles. The van der Waals surface area contributed by atoms with Crippen LogP contribution in [0.4, 0.5) is 17.1 Å². The Kier molecular flexibility index (Phi) is 6.54. The highest BCUT2D eigenvalue weighted by Crippen LogP contribution is 2.31. The first-order chi connectivity index (χ1) is 17.5. The standard InChI is InChI=1S/C25H23N7O3S/c33-24(17-9-12-22(23(15-17)32(34)35)30-13-5-2-6-14-30)27-25(36)26-18-10-11-20-21(16-18)29-31(28-20)19-7-3-1-4-8-19/h1,3-4,7-12,15-16H,2,5-6,13-14H2,(H2,26,27,33,36). The predicted molar refractivity (Wildman–Crippen MR) is 142 cm³/mol. The molecular weight excluding hydrogens is 478 g/mol. The number of rotatable bonds is 5. The maximum Gasteiger partial charge on any atom is 0.293 e. The van der Waals surface area contributed by atoms with E-state index in [0.29, 0.717) is 22.4 Å². The Morgan fingerprint density at radius 1 is 0.944 bits per heavy atom. The molecule has 1 fully saturated rings. The van der Waals surface area contributed by atoms with Gasteiger partial charge in [-0.3, -0.25) is 20.2 Å². The molecule has 0 saturated carbocycles. The minimum atomic E-state index is -0.531. The number of nitro benzene ring substituents is 1. The fourth-order valence-electron chi connectivity index (χ4n) is 4.22. The molecule has 1 aromatic heterocycles. The van der Waals surface area contributed by atoms with Crippen molar-refractivity contribution in [3.63, 3.8) is 0 Å². The summed E-state index contributed by atoms with van der Waals surface area (Å²) < 4.78 is 0. The molecule has 5 rings (SSSR count). The molecule has 10 nitrogen and oxygen atoms in total. The summed E-state index contributed by atoms with van der Waals surface area (Å²) in [6, 6.07) is 19.4. The van der Waals surface area contributed by atoms with Gasteiger partial charge in [-0.15, -0.1) is 10.2 Å². The zero-order valence-corrected chi connectivity index (χ0v) is 20.1. The molecule has 4 aromatic rings. The van der Waals surface area contributed by atoms with Crippen molar-refractivity contribution < 1.29 is 9.72 Å². The van der Waals surface area contributed by atoms with Crippen LogP contribution in [-0.4, -0.2) is 44.0 Å². The number of nitrogens with one attached hydrogen (secondary N) is 2. The van der Waals surface area contributed by atoms with Crippen LogP contribution in [0.15, 0.2) is 66.7 Å². The summed E-state index contributed by atoms with van der Waals surface area (Å²) in [6.07, 6.45) is 3.11. The zero-order chi connectivity index (χ0) is 25.1. The minimum Gasteiger partial charge on any atom is -0.366 e. The van der Waals surface area contributed by atoms with Crippen molar-refractivity contribution in [2.24, 2.45) is 0 Å². The number of piperidine rings is 1. The number of carbonyl (C=O) groups excluding carboxylic acids is 1. The summed E-state index contributed by atoms with van der Waals surface area (Å²) in [4.78, 5) is 27.6. The number of hydrogen-bond donors (Lipinski definition) is 2. The number of fused-ring (bicyclic) bond motifs is 1. The Morgan fingerprint density at radius 2 is 1.69 bits per heavy atom. The Bertz CT molecular complexity index is 1450. The Morgan fingerprint density at radius 3 is 2.44 bits per heavy atom. The van der Waals surface area contributed by atoms with Gasteiger partial charge < -0.3 is 10.2 Å². The number of thiocarbonyl (C=S) groups is 1. The number of anilines is 2. The second kappa shape index (κ2) is 10.1. The summed E-state index contributed by atoms with van der Waals surface area (Å²) >= 11 is 5.30. The molecule has 0 aliphatic carbocycles. The highest BCUT2D eigenvalue weighted by atomic mass is 32.1. The molecule has 0 unspecified atom stereocenters. The summed E-state index contributed by atoms with van der Waals surface area (Å²) in [6.45, 7) is 1.54. The molecule has 3 aromatic carbocycles. The Hall–Kier alpha value is -4.38. The first-order valence-corrected chi connectivity index (χ1v) is 12.0. The van der Waals surface area contributed by atoms with E-state index in [1.807, 2.05) is 35.2 Å². The molecule has 0 atom stereocenters. The molecule has 1 aliphatic heterocycles. The summed E-state index contributed by atoms with van der Waals surface area (Å²) in [5.74, 6) is -0.531. The van der Waals surface area contributed by atoms with Crippen molar-refractivity contribution >= 4 is 51.3 Å². The summed E-state index contributed by atoms with van der Waals surface area (Å²) in [5.41, 5.74) is 3.44. The molecule has 182 valence electrons. The van der Waals surface area contributed by atoms with Crippen molar-refractivity contribution in [3.8, 4) is 5.69 Å². The number of para-hydroxylation sites is 1. The lowest BCUT2D eigenvalue weighted by Crippen LogP contribution is -2.34. The van der Waals surface area contributed by atoms with Gasteiger partial charge in [0.25, 0.3) is 11.6 Å². The second-order valence-electron chi connectivity index (χ2n) is 8.45. The largest absolute Gasteiger partial charge is 0.366 e. The van der Waals surface area contributed by atoms with Crippen molar-refractivity contribution in [1.29, 1.82) is 0 Å². The van der Waals surface area contributed by atoms with Gasteiger partial charge in [0, 0.05) is 30.4 Å². The maximum absolute atomic E-state index is 12.8. The topological polar surface area (TPSA) is 118 Å². The van der Waals surface area contributed by atoms with Crippen LogP contribution in [0.1, 0.15) is 29.6 Å². The third-order valence-corrected chi connectivity index (χ3v) is 6.19. The zero-order valence-electron chi connectivity index (χ0n) is 19.3. The number of amides is 1. The number of carbonyl (C=O) groups is 1. The van der Waals surface area contributed by atoms with E-state index in [1.165, 1.54) is 6.07 Å². The van der Waals surface area contributed by atoms with Gasteiger partial charge in [-0.2, -0.15) is 4.80 Å². The van der Waals surface area contributed by atoms with E-state index in [4.69, 9.17) is 12.2 Å². The normalized spacial score (nSPS) is 13.4. The van der Waals surface area contributed by atoms with Gasteiger partial charge in [-0.05, 0) is 73.9 Å². The van der Waals surface area contributed by atoms with Gasteiger partial charge >= 0.3 is 0 Å². The molecule has 0 bridgehead atoms. The highest BCUT2D eigenvalue weighted by molar-refractivity contribution is 7.80. The number of nitrogens with zero attached hydrogens (tertiary/aromatic N) is 5. The van der Waals surface area contributed by atoms with Gasteiger partial charge in [0.1, 0.15) is 16.7 Å². The SMILES string of the molecule is O=C(NC(=S)Nc1ccc2nn(-c3ccccc3)nc2c1)c1ccc(N2CCCCC2)c([N+](=O)[O-])c1. The average molecular weight is 502 g/mol. The van der Waals surface area contributed by atoms with Crippen molar-refractivity contribution in [1.82, 2.24) is 20.3 Å². The maximum atomic E-state index is 12.8. The lowest BCUT2D eigenvalue weighted by Gasteiger charge is -2.28. The monoisotopic (exact) mass is 501 g/mol. The quantitative estimate of drug-likeness (QED) is 0.234. The van der Waals surface area contributed by atoms with Crippen LogP contribution in [0.5, 0.6) is 0 Å². The molecule has 1 amide bonds. The van der Waals surface area contributed by atoms with Crippen LogP contribution < -0.4 is 15.5 Å². The van der Waals surface area contributed by atoms with E-state index < -0.39 is 10.8 Å². The predicted octanol–water partition coefficient (Wildman–Crippen LogP) is 4.45. The Labute approximate surface area is 212 Å². The number of hydrogen-bond acceptors (Lipinski definition) is 7. The first kappa shape index (κ1) is 23.4. The second-order valence-corrected chi connectivity index (χ2v) is 8.85. The first-order valence-electron chi connectivity index (χ1n) is 11.6. The van der Waals surface area contributed by atoms with Crippen molar-refractivity contribution in [2.75, 3.05) is 23.3 Å². The van der Waals surface area contributed by atoms with Gasteiger partial charge in [-0.25, -0.2) is 0 Å². The molecule has 2 heterocycles. The highest BCUT2D eigenvalue weighted by Gasteiger charge is 2.23. The molecule has 36 heavy (non-hydrogen) atoms. The molecular formula is C25H23N7O3S. The minimum absolute atomic E-state index is 0.0672. The van der Waals surface area contributed by atoms with Crippen LogP contribution in [-0.2, 0) is 0 Å². The fourth-order valence-corrected chi connectivity index (χ4v) is 4.43. The van der Waals surface area contributed by atoms with E-state index in [2.05, 4.69) is 20.8 Å². The van der Waals surface area contributed by atoms with Gasteiger partial charge in [-0.1, -0.05) is 18.2 Å². The van der Waals surface area contributed by atoms with Crippen LogP contribution in [0.2, 0.25) is 0 Å². The number of nitro groups is 1. The van der Waals surface area contributed by atoms with Crippen LogP contribution in [0, 0.1) is 10.1 Å². The van der Waals surface area contributed by atoms with E-state index in [0.717, 1.165) is 38.0 Å². The van der Waals surface area contributed by atoms with Gasteiger partial charge in [0.05, 0.1) is 10.6 Å². The van der Waals surface area contributed by atoms with E-state index in [-0.39, 0.29) is 16.4 Å². The fraction of sp³-hybridized carbons (Fsp3) is 0.200. The molecule has 0 spiro atoms. The van der Waals surface area contributed by atoms with Gasteiger partial charge in [0.15, 0.2) is 5.11 Å². The third kappa shape index (κ3) is 5.01. The Balaban J connectivity index is 1.28. The summed E-state index contributed by atoms with van der Waals surface area (Å²) in [7, 11) is 0. The number of aromatic nitrogens is 3. The average Bonchev–Trinajstić information content (AvgIpc) is 3.33. The van der Waals surface area contributed by atoms with Gasteiger partial charge in [0.2, 0.25) is 0 Å².